The van der Waals surface area contributed by atoms with E-state index in [0.717, 1.165) is 47.6 Å². The van der Waals surface area contributed by atoms with Crippen molar-refractivity contribution in [2.24, 2.45) is 0 Å². The highest BCUT2D eigenvalue weighted by Gasteiger charge is 2.23. The van der Waals surface area contributed by atoms with Gasteiger partial charge in [0.1, 0.15) is 5.75 Å². The Kier molecular flexibility index (Phi) is 6.49. The zero-order valence-corrected chi connectivity index (χ0v) is 16.6. The summed E-state index contributed by atoms with van der Waals surface area (Å²) in [6.07, 6.45) is 2.32. The summed E-state index contributed by atoms with van der Waals surface area (Å²) in [6, 6.07) is 17.1. The van der Waals surface area contributed by atoms with Crippen LogP contribution in [-0.4, -0.2) is 56.2 Å². The van der Waals surface area contributed by atoms with Crippen molar-refractivity contribution < 1.29 is 4.74 Å². The molecule has 0 N–H and O–H groups in total. The van der Waals surface area contributed by atoms with E-state index in [1.165, 1.54) is 19.5 Å². The van der Waals surface area contributed by atoms with E-state index in [1.54, 1.807) is 0 Å². The van der Waals surface area contributed by atoms with E-state index >= 15 is 0 Å². The van der Waals surface area contributed by atoms with E-state index in [0.29, 0.717) is 6.04 Å². The molecule has 27 heavy (non-hydrogen) atoms. The van der Waals surface area contributed by atoms with Crippen LogP contribution in [0.25, 0.3) is 11.1 Å². The first kappa shape index (κ1) is 19.4. The largest absolute Gasteiger partial charge is 0.494 e. The molecule has 0 bridgehead atoms. The van der Waals surface area contributed by atoms with E-state index in [-0.39, 0.29) is 0 Å². The van der Waals surface area contributed by atoms with Crippen molar-refractivity contribution in [1.29, 1.82) is 5.26 Å². The van der Waals surface area contributed by atoms with Crippen LogP contribution in [0.3, 0.4) is 0 Å². The summed E-state index contributed by atoms with van der Waals surface area (Å²) in [4.78, 5) is 4.86. The van der Waals surface area contributed by atoms with Gasteiger partial charge >= 0.3 is 0 Å². The highest BCUT2D eigenvalue weighted by molar-refractivity contribution is 5.66. The fraction of sp³-hybridized carbons (Fsp3) is 0.435. The summed E-state index contributed by atoms with van der Waals surface area (Å²) in [6.45, 7) is 6.19. The Hall–Kier alpha value is -2.35. The Bertz CT molecular complexity index is 792. The lowest BCUT2D eigenvalue weighted by atomic mass is 10.0. The number of benzene rings is 2. The second-order valence-electron chi connectivity index (χ2n) is 7.57. The van der Waals surface area contributed by atoms with Gasteiger partial charge in [0.2, 0.25) is 0 Å². The van der Waals surface area contributed by atoms with Crippen LogP contribution in [0.4, 0.5) is 0 Å². The summed E-state index contributed by atoms with van der Waals surface area (Å²) < 4.78 is 5.91. The number of hydrogen-bond donors (Lipinski definition) is 0. The molecular weight excluding hydrogens is 334 g/mol. The van der Waals surface area contributed by atoms with Crippen molar-refractivity contribution in [3.8, 4) is 22.9 Å². The first-order valence-electron chi connectivity index (χ1n) is 9.69. The number of nitriles is 1. The van der Waals surface area contributed by atoms with Crippen LogP contribution in [0.2, 0.25) is 0 Å². The summed E-state index contributed by atoms with van der Waals surface area (Å²) >= 11 is 0. The normalized spacial score (nSPS) is 17.2. The molecule has 0 unspecified atom stereocenters. The number of ether oxygens (including phenoxy) is 1. The summed E-state index contributed by atoms with van der Waals surface area (Å²) in [5, 5.41) is 9.05. The molecule has 4 heteroatoms. The smallest absolute Gasteiger partial charge is 0.119 e. The van der Waals surface area contributed by atoms with Gasteiger partial charge in [0.15, 0.2) is 0 Å². The number of rotatable bonds is 7. The summed E-state index contributed by atoms with van der Waals surface area (Å²) in [5.74, 6) is 0.914. The molecule has 2 aromatic carbocycles. The molecule has 142 valence electrons. The predicted molar refractivity (Wildman–Crippen MR) is 110 cm³/mol. The molecule has 2 aromatic rings. The van der Waals surface area contributed by atoms with Gasteiger partial charge in [0.25, 0.3) is 0 Å². The fourth-order valence-corrected chi connectivity index (χ4v) is 3.63. The fourth-order valence-electron chi connectivity index (χ4n) is 3.63. The van der Waals surface area contributed by atoms with Crippen LogP contribution >= 0.6 is 0 Å². The Labute approximate surface area is 163 Å². The van der Waals surface area contributed by atoms with Crippen LogP contribution in [0.1, 0.15) is 24.0 Å². The number of aryl methyl sites for hydroxylation is 1. The van der Waals surface area contributed by atoms with Gasteiger partial charge in [-0.2, -0.15) is 5.26 Å². The SMILES string of the molecule is Cc1cc(-c2ccc(OCCCN3CC[C@@H](N(C)C)C3)cc2)ccc1C#N. The molecule has 1 atom stereocenters. The number of hydrogen-bond acceptors (Lipinski definition) is 4. The van der Waals surface area contributed by atoms with Gasteiger partial charge in [0, 0.05) is 19.1 Å². The van der Waals surface area contributed by atoms with Crippen molar-refractivity contribution in [2.75, 3.05) is 40.3 Å². The van der Waals surface area contributed by atoms with Gasteiger partial charge in [-0.3, -0.25) is 0 Å². The maximum atomic E-state index is 9.05. The molecule has 1 aliphatic heterocycles. The van der Waals surface area contributed by atoms with Gasteiger partial charge in [-0.05, 0) is 75.3 Å². The van der Waals surface area contributed by atoms with Gasteiger partial charge < -0.3 is 14.5 Å². The summed E-state index contributed by atoms with van der Waals surface area (Å²) in [7, 11) is 4.33. The number of nitrogens with zero attached hydrogens (tertiary/aromatic N) is 3. The van der Waals surface area contributed by atoms with Gasteiger partial charge in [0.05, 0.1) is 18.2 Å². The van der Waals surface area contributed by atoms with E-state index in [9.17, 15) is 0 Å². The molecule has 0 saturated carbocycles. The van der Waals surface area contributed by atoms with E-state index in [2.05, 4.69) is 48.2 Å². The molecule has 1 fully saturated rings. The van der Waals surface area contributed by atoms with E-state index in [4.69, 9.17) is 10.00 Å². The Morgan fingerprint density at radius 3 is 2.52 bits per heavy atom. The molecule has 0 spiro atoms. The second kappa shape index (κ2) is 9.03. The minimum Gasteiger partial charge on any atom is -0.494 e. The van der Waals surface area contributed by atoms with Crippen LogP contribution in [0, 0.1) is 18.3 Å². The van der Waals surface area contributed by atoms with Gasteiger partial charge in [-0.1, -0.05) is 24.3 Å². The molecule has 4 nitrogen and oxygen atoms in total. The quantitative estimate of drug-likeness (QED) is 0.699. The molecule has 1 aliphatic rings. The third kappa shape index (κ3) is 5.09. The van der Waals surface area contributed by atoms with Crippen molar-refractivity contribution in [3.63, 3.8) is 0 Å². The predicted octanol–water partition coefficient (Wildman–Crippen LogP) is 3.94. The van der Waals surface area contributed by atoms with Crippen molar-refractivity contribution >= 4 is 0 Å². The molecule has 1 saturated heterocycles. The minimum absolute atomic E-state index is 0.698. The first-order chi connectivity index (χ1) is 13.1. The highest BCUT2D eigenvalue weighted by Crippen LogP contribution is 2.24. The topological polar surface area (TPSA) is 39.5 Å². The Balaban J connectivity index is 1.46. The zero-order chi connectivity index (χ0) is 19.2. The van der Waals surface area contributed by atoms with Crippen LogP contribution < -0.4 is 4.74 Å². The van der Waals surface area contributed by atoms with E-state index < -0.39 is 0 Å². The van der Waals surface area contributed by atoms with Gasteiger partial charge in [-0.25, -0.2) is 0 Å². The lowest BCUT2D eigenvalue weighted by Crippen LogP contribution is -2.32. The maximum Gasteiger partial charge on any atom is 0.119 e. The van der Waals surface area contributed by atoms with Crippen molar-refractivity contribution in [3.05, 3.63) is 53.6 Å². The molecule has 0 aliphatic carbocycles. The average Bonchev–Trinajstić information content (AvgIpc) is 3.15. The number of likely N-dealkylation sites (N-methyl/N-ethyl adjacent to an activating group) is 1. The number of likely N-dealkylation sites (tertiary alicyclic amines) is 1. The molecule has 3 rings (SSSR count). The first-order valence-corrected chi connectivity index (χ1v) is 9.69. The monoisotopic (exact) mass is 363 g/mol. The molecular formula is C23H29N3O. The van der Waals surface area contributed by atoms with Crippen molar-refractivity contribution in [2.45, 2.75) is 25.8 Å². The van der Waals surface area contributed by atoms with E-state index in [1.807, 2.05) is 31.2 Å². The van der Waals surface area contributed by atoms with Crippen LogP contribution in [0.15, 0.2) is 42.5 Å². The minimum atomic E-state index is 0.698. The maximum absolute atomic E-state index is 9.05. The Morgan fingerprint density at radius 1 is 1.15 bits per heavy atom. The standard InChI is InChI=1S/C23H29N3O/c1-18-15-20(5-6-21(18)16-24)19-7-9-23(10-8-19)27-14-4-12-26-13-11-22(17-26)25(2)3/h5-10,15,22H,4,11-14,17H2,1-3H3/t22-/m1/s1. The molecule has 0 radical (unpaired) electrons. The highest BCUT2D eigenvalue weighted by atomic mass is 16.5. The van der Waals surface area contributed by atoms with Gasteiger partial charge in [-0.15, -0.1) is 0 Å². The summed E-state index contributed by atoms with van der Waals surface area (Å²) in [5.41, 5.74) is 4.01. The lowest BCUT2D eigenvalue weighted by molar-refractivity contribution is 0.242. The average molecular weight is 364 g/mol. The third-order valence-corrected chi connectivity index (χ3v) is 5.40. The van der Waals surface area contributed by atoms with Crippen LogP contribution in [0.5, 0.6) is 5.75 Å². The Morgan fingerprint density at radius 2 is 1.89 bits per heavy atom. The molecule has 0 amide bonds. The molecule has 0 aromatic heterocycles. The molecule has 1 heterocycles. The zero-order valence-electron chi connectivity index (χ0n) is 16.6. The third-order valence-electron chi connectivity index (χ3n) is 5.40. The second-order valence-corrected chi connectivity index (χ2v) is 7.57. The van der Waals surface area contributed by atoms with Crippen LogP contribution in [-0.2, 0) is 0 Å². The lowest BCUT2D eigenvalue weighted by Gasteiger charge is -2.20. The van der Waals surface area contributed by atoms with Crippen molar-refractivity contribution in [1.82, 2.24) is 9.80 Å².